The van der Waals surface area contributed by atoms with Crippen LogP contribution in [0.5, 0.6) is 0 Å². The Morgan fingerprint density at radius 3 is 3.06 bits per heavy atom. The third-order valence-electron chi connectivity index (χ3n) is 3.72. The number of nitrogens with zero attached hydrogens (tertiary/aromatic N) is 1. The SMILES string of the molecule is Cc1ccc2c(c1)[nH]c(=S)n2CC1(C)CCCS1. The average molecular weight is 278 g/mol. The lowest BCUT2D eigenvalue weighted by Crippen LogP contribution is -2.23. The Hall–Kier alpha value is -0.740. The van der Waals surface area contributed by atoms with E-state index in [4.69, 9.17) is 12.2 Å². The van der Waals surface area contributed by atoms with Gasteiger partial charge in [-0.25, -0.2) is 0 Å². The fourth-order valence-corrected chi connectivity index (χ4v) is 4.29. The van der Waals surface area contributed by atoms with Crippen LogP contribution in [-0.4, -0.2) is 20.1 Å². The summed E-state index contributed by atoms with van der Waals surface area (Å²) in [5.41, 5.74) is 3.67. The molecular weight excluding hydrogens is 260 g/mol. The maximum Gasteiger partial charge on any atom is 0.178 e. The third kappa shape index (κ3) is 2.12. The normalized spacial score (nSPS) is 23.9. The van der Waals surface area contributed by atoms with Crippen molar-refractivity contribution >= 4 is 35.0 Å². The van der Waals surface area contributed by atoms with Crippen LogP contribution in [-0.2, 0) is 6.54 Å². The minimum atomic E-state index is 0.345. The maximum absolute atomic E-state index is 5.48. The van der Waals surface area contributed by atoms with Gasteiger partial charge < -0.3 is 9.55 Å². The van der Waals surface area contributed by atoms with Crippen molar-refractivity contribution in [2.75, 3.05) is 5.75 Å². The van der Waals surface area contributed by atoms with Crippen LogP contribution in [0, 0.1) is 11.7 Å². The van der Waals surface area contributed by atoms with Crippen LogP contribution < -0.4 is 0 Å². The van der Waals surface area contributed by atoms with Crippen molar-refractivity contribution < 1.29 is 0 Å². The van der Waals surface area contributed by atoms with E-state index in [0.717, 1.165) is 16.8 Å². The number of hydrogen-bond acceptors (Lipinski definition) is 2. The number of imidazole rings is 1. The van der Waals surface area contributed by atoms with Gasteiger partial charge in [-0.3, -0.25) is 0 Å². The number of aryl methyl sites for hydroxylation is 1. The summed E-state index contributed by atoms with van der Waals surface area (Å²) in [6, 6.07) is 6.51. The molecule has 0 spiro atoms. The van der Waals surface area contributed by atoms with E-state index in [-0.39, 0.29) is 0 Å². The molecule has 1 aliphatic heterocycles. The average Bonchev–Trinajstić information content (AvgIpc) is 2.85. The molecule has 3 rings (SSSR count). The fraction of sp³-hybridized carbons (Fsp3) is 0.500. The first-order valence-electron chi connectivity index (χ1n) is 6.41. The predicted octanol–water partition coefficient (Wildman–Crippen LogP) is 4.29. The molecule has 1 fully saturated rings. The molecule has 1 aromatic carbocycles. The first-order valence-corrected chi connectivity index (χ1v) is 7.80. The standard InChI is InChI=1S/C14H18N2S2/c1-10-4-5-12-11(8-10)15-13(17)16(12)9-14(2)6-3-7-18-14/h4-5,8H,3,6-7,9H2,1-2H3,(H,15,17). The molecule has 2 heterocycles. The lowest BCUT2D eigenvalue weighted by atomic mass is 10.1. The van der Waals surface area contributed by atoms with Gasteiger partial charge in [0.15, 0.2) is 4.77 Å². The summed E-state index contributed by atoms with van der Waals surface area (Å²) in [6.07, 6.45) is 2.62. The van der Waals surface area contributed by atoms with Gasteiger partial charge in [0.2, 0.25) is 0 Å². The van der Waals surface area contributed by atoms with Gasteiger partial charge in [-0.15, -0.1) is 0 Å². The molecule has 2 nitrogen and oxygen atoms in total. The van der Waals surface area contributed by atoms with E-state index in [2.05, 4.69) is 53.4 Å². The molecule has 1 saturated heterocycles. The second kappa shape index (κ2) is 4.42. The quantitative estimate of drug-likeness (QED) is 0.827. The molecule has 1 atom stereocenters. The number of hydrogen-bond donors (Lipinski definition) is 1. The van der Waals surface area contributed by atoms with E-state index in [0.29, 0.717) is 4.75 Å². The molecule has 18 heavy (non-hydrogen) atoms. The lowest BCUT2D eigenvalue weighted by molar-refractivity contribution is 0.515. The van der Waals surface area contributed by atoms with E-state index in [1.165, 1.54) is 29.7 Å². The van der Waals surface area contributed by atoms with Crippen LogP contribution in [0.1, 0.15) is 25.3 Å². The van der Waals surface area contributed by atoms with Crippen molar-refractivity contribution in [3.8, 4) is 0 Å². The van der Waals surface area contributed by atoms with Crippen LogP contribution in [0.4, 0.5) is 0 Å². The Bertz CT molecular complexity index is 633. The fourth-order valence-electron chi connectivity index (χ4n) is 2.73. The zero-order chi connectivity index (χ0) is 12.8. The van der Waals surface area contributed by atoms with Gasteiger partial charge in [0.1, 0.15) is 0 Å². The molecule has 0 radical (unpaired) electrons. The highest BCUT2D eigenvalue weighted by Crippen LogP contribution is 2.39. The minimum absolute atomic E-state index is 0.345. The van der Waals surface area contributed by atoms with Crippen molar-refractivity contribution in [3.05, 3.63) is 28.5 Å². The summed E-state index contributed by atoms with van der Waals surface area (Å²) in [5, 5.41) is 0. The number of benzene rings is 1. The van der Waals surface area contributed by atoms with Gasteiger partial charge >= 0.3 is 0 Å². The molecule has 0 amide bonds. The molecule has 2 aromatic rings. The second-order valence-electron chi connectivity index (χ2n) is 5.44. The topological polar surface area (TPSA) is 20.7 Å². The molecule has 96 valence electrons. The molecule has 1 N–H and O–H groups in total. The number of aromatic amines is 1. The molecule has 0 saturated carbocycles. The van der Waals surface area contributed by atoms with Gasteiger partial charge in [0.25, 0.3) is 0 Å². The van der Waals surface area contributed by atoms with Crippen LogP contribution in [0.15, 0.2) is 18.2 Å². The Balaban J connectivity index is 2.06. The summed E-state index contributed by atoms with van der Waals surface area (Å²) in [6.45, 7) is 5.49. The van der Waals surface area contributed by atoms with E-state index in [1.807, 2.05) is 0 Å². The highest BCUT2D eigenvalue weighted by atomic mass is 32.2. The van der Waals surface area contributed by atoms with E-state index in [1.54, 1.807) is 0 Å². The maximum atomic E-state index is 5.48. The van der Waals surface area contributed by atoms with E-state index >= 15 is 0 Å². The summed E-state index contributed by atoms with van der Waals surface area (Å²) in [4.78, 5) is 3.33. The molecule has 1 unspecified atom stereocenters. The Morgan fingerprint density at radius 1 is 1.50 bits per heavy atom. The lowest BCUT2D eigenvalue weighted by Gasteiger charge is -2.23. The van der Waals surface area contributed by atoms with Gasteiger partial charge in [0.05, 0.1) is 11.0 Å². The number of thioether (sulfide) groups is 1. The summed E-state index contributed by atoms with van der Waals surface area (Å²) < 4.78 is 3.46. The number of H-pyrrole nitrogens is 1. The first kappa shape index (κ1) is 12.3. The molecule has 0 bridgehead atoms. The van der Waals surface area contributed by atoms with Crippen LogP contribution >= 0.6 is 24.0 Å². The van der Waals surface area contributed by atoms with Crippen LogP contribution in [0.2, 0.25) is 0 Å². The predicted molar refractivity (Wildman–Crippen MR) is 82.0 cm³/mol. The van der Waals surface area contributed by atoms with Crippen molar-refractivity contribution in [2.45, 2.75) is 38.0 Å². The zero-order valence-electron chi connectivity index (χ0n) is 10.8. The third-order valence-corrected chi connectivity index (χ3v) is 5.57. The van der Waals surface area contributed by atoms with E-state index < -0.39 is 0 Å². The highest BCUT2D eigenvalue weighted by Gasteiger charge is 2.30. The van der Waals surface area contributed by atoms with Crippen molar-refractivity contribution in [1.82, 2.24) is 9.55 Å². The van der Waals surface area contributed by atoms with Gasteiger partial charge in [-0.2, -0.15) is 11.8 Å². The van der Waals surface area contributed by atoms with Crippen LogP contribution in [0.25, 0.3) is 11.0 Å². The summed E-state index contributed by atoms with van der Waals surface area (Å²) in [5.74, 6) is 1.28. The second-order valence-corrected chi connectivity index (χ2v) is 7.51. The smallest absolute Gasteiger partial charge is 0.178 e. The highest BCUT2D eigenvalue weighted by molar-refractivity contribution is 8.00. The largest absolute Gasteiger partial charge is 0.331 e. The van der Waals surface area contributed by atoms with Crippen molar-refractivity contribution in [3.63, 3.8) is 0 Å². The Kier molecular flexibility index (Phi) is 3.02. The summed E-state index contributed by atoms with van der Waals surface area (Å²) in [7, 11) is 0. The molecule has 0 aliphatic carbocycles. The number of fused-ring (bicyclic) bond motifs is 1. The van der Waals surface area contributed by atoms with Gasteiger partial charge in [0, 0.05) is 11.3 Å². The number of nitrogens with one attached hydrogen (secondary N) is 1. The Labute approximate surface area is 117 Å². The van der Waals surface area contributed by atoms with Gasteiger partial charge in [-0.05, 0) is 62.4 Å². The molecular formula is C14H18N2S2. The monoisotopic (exact) mass is 278 g/mol. The molecule has 1 aliphatic rings. The van der Waals surface area contributed by atoms with Crippen molar-refractivity contribution in [1.29, 1.82) is 0 Å². The van der Waals surface area contributed by atoms with Crippen LogP contribution in [0.3, 0.4) is 0 Å². The van der Waals surface area contributed by atoms with Crippen molar-refractivity contribution in [2.24, 2.45) is 0 Å². The van der Waals surface area contributed by atoms with E-state index in [9.17, 15) is 0 Å². The molecule has 1 aromatic heterocycles. The first-order chi connectivity index (χ1) is 8.57. The summed E-state index contributed by atoms with van der Waals surface area (Å²) >= 11 is 7.56. The minimum Gasteiger partial charge on any atom is -0.331 e. The van der Waals surface area contributed by atoms with Gasteiger partial charge in [-0.1, -0.05) is 6.07 Å². The number of rotatable bonds is 2. The number of aromatic nitrogens is 2. The Morgan fingerprint density at radius 2 is 2.33 bits per heavy atom. The zero-order valence-corrected chi connectivity index (χ0v) is 12.5. The molecule has 4 heteroatoms.